The van der Waals surface area contributed by atoms with Crippen LogP contribution in [0.1, 0.15) is 18.4 Å². The van der Waals surface area contributed by atoms with Crippen molar-refractivity contribution in [3.8, 4) is 11.8 Å². The summed E-state index contributed by atoms with van der Waals surface area (Å²) in [6, 6.07) is 0. The lowest BCUT2D eigenvalue weighted by atomic mass is 10.2. The Bertz CT molecular complexity index is 540. The molecule has 112 valence electrons. The molecule has 8 heteroatoms. The van der Waals surface area contributed by atoms with Crippen molar-refractivity contribution in [2.75, 3.05) is 26.5 Å². The molecule has 0 aromatic carbocycles. The van der Waals surface area contributed by atoms with Crippen LogP contribution in [0.2, 0.25) is 0 Å². The molecule has 1 aromatic rings. The van der Waals surface area contributed by atoms with E-state index in [0.717, 1.165) is 12.8 Å². The van der Waals surface area contributed by atoms with E-state index in [-0.39, 0.29) is 5.25 Å². The predicted octanol–water partition coefficient (Wildman–Crippen LogP) is 0.161. The Morgan fingerprint density at radius 1 is 1.30 bits per heavy atom. The summed E-state index contributed by atoms with van der Waals surface area (Å²) in [6.07, 6.45) is 2.83. The molecule has 1 fully saturated rings. The van der Waals surface area contributed by atoms with Gasteiger partial charge in [0.15, 0.2) is 9.84 Å². The van der Waals surface area contributed by atoms with E-state index < -0.39 is 9.84 Å². The van der Waals surface area contributed by atoms with Gasteiger partial charge in [-0.2, -0.15) is 0 Å². The van der Waals surface area contributed by atoms with Crippen molar-refractivity contribution in [3.05, 3.63) is 11.9 Å². The summed E-state index contributed by atoms with van der Waals surface area (Å²) < 4.78 is 33.8. The van der Waals surface area contributed by atoms with Crippen LogP contribution in [-0.2, 0) is 16.4 Å². The Morgan fingerprint density at radius 3 is 2.45 bits per heavy atom. The van der Waals surface area contributed by atoms with Crippen LogP contribution in [-0.4, -0.2) is 50.2 Å². The fourth-order valence-electron chi connectivity index (χ4n) is 2.33. The van der Waals surface area contributed by atoms with Gasteiger partial charge in [0.05, 0.1) is 30.8 Å². The van der Waals surface area contributed by atoms with Gasteiger partial charge in [-0.05, 0) is 12.8 Å². The lowest BCUT2D eigenvalue weighted by Gasteiger charge is -2.13. The molecule has 1 unspecified atom stereocenters. The first-order valence-electron chi connectivity index (χ1n) is 6.42. The Labute approximate surface area is 118 Å². The van der Waals surface area contributed by atoms with Crippen LogP contribution in [0.4, 0.5) is 0 Å². The van der Waals surface area contributed by atoms with Gasteiger partial charge in [0.1, 0.15) is 6.33 Å². The quantitative estimate of drug-likeness (QED) is 0.800. The van der Waals surface area contributed by atoms with Gasteiger partial charge in [-0.1, -0.05) is 0 Å². The number of ether oxygens (including phenoxy) is 2. The molecule has 0 saturated carbocycles. The molecule has 1 N–H and O–H groups in total. The standard InChI is InChI=1S/C12H19N3O4S/c1-18-11-10(12(19-2)15-8-14-11)7-13-6-9-4-3-5-20(9,16)17/h8-9,13H,3-7H2,1-2H3. The summed E-state index contributed by atoms with van der Waals surface area (Å²) in [5.41, 5.74) is 0.688. The average molecular weight is 301 g/mol. The maximum Gasteiger partial charge on any atom is 0.224 e. The zero-order chi connectivity index (χ0) is 14.6. The Balaban J connectivity index is 2.01. The normalized spacial score (nSPS) is 20.8. The van der Waals surface area contributed by atoms with Crippen molar-refractivity contribution < 1.29 is 17.9 Å². The minimum atomic E-state index is -2.93. The van der Waals surface area contributed by atoms with Gasteiger partial charge in [0.25, 0.3) is 0 Å². The molecular weight excluding hydrogens is 282 g/mol. The molecule has 1 aliphatic heterocycles. The molecule has 2 heterocycles. The van der Waals surface area contributed by atoms with E-state index in [1.807, 2.05) is 0 Å². The summed E-state index contributed by atoms with van der Waals surface area (Å²) in [6.45, 7) is 0.822. The van der Waals surface area contributed by atoms with Crippen molar-refractivity contribution in [1.29, 1.82) is 0 Å². The molecule has 1 atom stereocenters. The van der Waals surface area contributed by atoms with E-state index in [1.54, 1.807) is 0 Å². The molecule has 0 bridgehead atoms. The van der Waals surface area contributed by atoms with Gasteiger partial charge >= 0.3 is 0 Å². The zero-order valence-electron chi connectivity index (χ0n) is 11.6. The van der Waals surface area contributed by atoms with Gasteiger partial charge in [-0.3, -0.25) is 0 Å². The number of hydrogen-bond acceptors (Lipinski definition) is 7. The summed E-state index contributed by atoms with van der Waals surface area (Å²) in [5, 5.41) is 2.83. The van der Waals surface area contributed by atoms with Gasteiger partial charge in [-0.15, -0.1) is 0 Å². The highest BCUT2D eigenvalue weighted by Crippen LogP contribution is 2.23. The molecule has 0 spiro atoms. The molecule has 1 saturated heterocycles. The van der Waals surface area contributed by atoms with Gasteiger partial charge in [0.2, 0.25) is 11.8 Å². The second-order valence-corrected chi connectivity index (χ2v) is 7.03. The zero-order valence-corrected chi connectivity index (χ0v) is 12.4. The van der Waals surface area contributed by atoms with Gasteiger partial charge < -0.3 is 14.8 Å². The fourth-order valence-corrected chi connectivity index (χ4v) is 4.13. The van der Waals surface area contributed by atoms with E-state index in [9.17, 15) is 8.42 Å². The SMILES string of the molecule is COc1ncnc(OC)c1CNCC1CCCS1(=O)=O. The summed E-state index contributed by atoms with van der Waals surface area (Å²) in [5.74, 6) is 1.15. The van der Waals surface area contributed by atoms with Crippen LogP contribution in [0.15, 0.2) is 6.33 Å². The first-order valence-corrected chi connectivity index (χ1v) is 8.14. The largest absolute Gasteiger partial charge is 0.481 e. The van der Waals surface area contributed by atoms with Crippen LogP contribution in [0.3, 0.4) is 0 Å². The van der Waals surface area contributed by atoms with Crippen LogP contribution >= 0.6 is 0 Å². The second kappa shape index (κ2) is 6.36. The Kier molecular flexibility index (Phi) is 4.77. The van der Waals surface area contributed by atoms with Gasteiger partial charge in [0, 0.05) is 13.1 Å². The molecule has 0 radical (unpaired) electrons. The molecular formula is C12H19N3O4S. The first kappa shape index (κ1) is 15.0. The van der Waals surface area contributed by atoms with Gasteiger partial charge in [-0.25, -0.2) is 18.4 Å². The molecule has 0 amide bonds. The summed E-state index contributed by atoms with van der Waals surface area (Å²) >= 11 is 0. The lowest BCUT2D eigenvalue weighted by Crippen LogP contribution is -2.30. The molecule has 1 aliphatic rings. The summed E-state index contributed by atoms with van der Waals surface area (Å²) in [7, 11) is 0.112. The minimum absolute atomic E-state index is 0.292. The molecule has 0 aliphatic carbocycles. The van der Waals surface area contributed by atoms with Crippen LogP contribution in [0.5, 0.6) is 11.8 Å². The van der Waals surface area contributed by atoms with Crippen molar-refractivity contribution in [2.45, 2.75) is 24.6 Å². The third kappa shape index (κ3) is 3.18. The molecule has 20 heavy (non-hydrogen) atoms. The van der Waals surface area contributed by atoms with E-state index in [1.165, 1.54) is 20.5 Å². The smallest absolute Gasteiger partial charge is 0.224 e. The van der Waals surface area contributed by atoms with E-state index in [4.69, 9.17) is 9.47 Å². The average Bonchev–Trinajstić information content (AvgIpc) is 2.78. The molecule has 7 nitrogen and oxygen atoms in total. The number of aromatic nitrogens is 2. The predicted molar refractivity (Wildman–Crippen MR) is 73.7 cm³/mol. The molecule has 1 aromatic heterocycles. The van der Waals surface area contributed by atoms with Crippen LogP contribution in [0.25, 0.3) is 0 Å². The van der Waals surface area contributed by atoms with Crippen LogP contribution < -0.4 is 14.8 Å². The first-order chi connectivity index (χ1) is 9.58. The topological polar surface area (TPSA) is 90.4 Å². The van der Waals surface area contributed by atoms with Crippen molar-refractivity contribution in [2.24, 2.45) is 0 Å². The minimum Gasteiger partial charge on any atom is -0.481 e. The number of methoxy groups -OCH3 is 2. The van der Waals surface area contributed by atoms with Crippen LogP contribution in [0, 0.1) is 0 Å². The van der Waals surface area contributed by atoms with Crippen molar-refractivity contribution >= 4 is 9.84 Å². The lowest BCUT2D eigenvalue weighted by molar-refractivity contribution is 0.359. The van der Waals surface area contributed by atoms with E-state index >= 15 is 0 Å². The number of nitrogens with one attached hydrogen (secondary N) is 1. The van der Waals surface area contributed by atoms with E-state index in [0.29, 0.717) is 36.2 Å². The Morgan fingerprint density at radius 2 is 1.95 bits per heavy atom. The number of nitrogens with zero attached hydrogens (tertiary/aromatic N) is 2. The highest BCUT2D eigenvalue weighted by atomic mass is 32.2. The van der Waals surface area contributed by atoms with Crippen molar-refractivity contribution in [1.82, 2.24) is 15.3 Å². The number of rotatable bonds is 6. The number of hydrogen-bond donors (Lipinski definition) is 1. The fraction of sp³-hybridized carbons (Fsp3) is 0.667. The monoisotopic (exact) mass is 301 g/mol. The highest BCUT2D eigenvalue weighted by Gasteiger charge is 2.30. The highest BCUT2D eigenvalue weighted by molar-refractivity contribution is 7.92. The Hall–Kier alpha value is -1.41. The third-order valence-corrected chi connectivity index (χ3v) is 5.67. The number of sulfone groups is 1. The summed E-state index contributed by atoms with van der Waals surface area (Å²) in [4.78, 5) is 8.03. The maximum atomic E-state index is 11.7. The second-order valence-electron chi connectivity index (χ2n) is 4.63. The van der Waals surface area contributed by atoms with Crippen molar-refractivity contribution in [3.63, 3.8) is 0 Å². The molecule has 2 rings (SSSR count). The maximum absolute atomic E-state index is 11.7. The van der Waals surface area contributed by atoms with E-state index in [2.05, 4.69) is 15.3 Å². The third-order valence-electron chi connectivity index (χ3n) is 3.39.